The molecule has 1 nitrogen and oxygen atoms in total. The van der Waals surface area contributed by atoms with Gasteiger partial charge in [-0.1, -0.05) is 33.6 Å². The lowest BCUT2D eigenvalue weighted by Crippen LogP contribution is -2.30. The topological polar surface area (TPSA) is 17.1 Å². The Labute approximate surface area is 75.5 Å². The number of carbonyl (C=O) groups is 1. The number of carbonyl (C=O) groups excluding carboxylic acids is 1. The van der Waals surface area contributed by atoms with Crippen LogP contribution >= 0.6 is 0 Å². The Morgan fingerprint density at radius 1 is 1.25 bits per heavy atom. The van der Waals surface area contributed by atoms with Crippen LogP contribution in [0.3, 0.4) is 0 Å². The van der Waals surface area contributed by atoms with Crippen LogP contribution in [0.25, 0.3) is 0 Å². The molecule has 1 rings (SSSR count). The Morgan fingerprint density at radius 2 is 1.83 bits per heavy atom. The third-order valence-corrected chi connectivity index (χ3v) is 3.38. The van der Waals surface area contributed by atoms with E-state index >= 15 is 0 Å². The van der Waals surface area contributed by atoms with E-state index in [4.69, 9.17) is 0 Å². The van der Waals surface area contributed by atoms with Crippen LogP contribution in [0.2, 0.25) is 0 Å². The van der Waals surface area contributed by atoms with Crippen molar-refractivity contribution >= 4 is 5.78 Å². The van der Waals surface area contributed by atoms with Crippen molar-refractivity contribution in [1.82, 2.24) is 0 Å². The summed E-state index contributed by atoms with van der Waals surface area (Å²) in [7, 11) is 0. The van der Waals surface area contributed by atoms with E-state index in [9.17, 15) is 4.79 Å². The fourth-order valence-corrected chi connectivity index (χ4v) is 2.38. The highest BCUT2D eigenvalue weighted by molar-refractivity contribution is 5.81. The van der Waals surface area contributed by atoms with Crippen LogP contribution in [0, 0.1) is 17.8 Å². The number of rotatable bonds is 2. The molecule has 1 unspecified atom stereocenters. The molecule has 70 valence electrons. The van der Waals surface area contributed by atoms with Gasteiger partial charge in [-0.15, -0.1) is 0 Å². The van der Waals surface area contributed by atoms with Gasteiger partial charge in [0.25, 0.3) is 0 Å². The average molecular weight is 168 g/mol. The minimum Gasteiger partial charge on any atom is -0.299 e. The second kappa shape index (κ2) is 4.06. The molecule has 3 atom stereocenters. The van der Waals surface area contributed by atoms with Gasteiger partial charge < -0.3 is 0 Å². The van der Waals surface area contributed by atoms with E-state index in [1.54, 1.807) is 0 Å². The van der Waals surface area contributed by atoms with Crippen molar-refractivity contribution in [2.24, 2.45) is 17.8 Å². The smallest absolute Gasteiger partial charge is 0.135 e. The van der Waals surface area contributed by atoms with E-state index in [-0.39, 0.29) is 0 Å². The van der Waals surface area contributed by atoms with Crippen LogP contribution in [0.5, 0.6) is 0 Å². The monoisotopic (exact) mass is 168 g/mol. The van der Waals surface area contributed by atoms with E-state index in [2.05, 4.69) is 20.8 Å². The number of hydrogen-bond donors (Lipinski definition) is 0. The summed E-state index contributed by atoms with van der Waals surface area (Å²) in [5.74, 6) is 2.31. The van der Waals surface area contributed by atoms with Gasteiger partial charge in [0, 0.05) is 12.3 Å². The minimum atomic E-state index is 0.331. The molecule has 1 aliphatic rings. The Bertz CT molecular complexity index is 162. The molecule has 0 amide bonds. The maximum atomic E-state index is 11.4. The fourth-order valence-electron chi connectivity index (χ4n) is 2.38. The van der Waals surface area contributed by atoms with Crippen molar-refractivity contribution in [3.63, 3.8) is 0 Å². The van der Waals surface area contributed by atoms with Crippen LogP contribution < -0.4 is 0 Å². The predicted molar refractivity (Wildman–Crippen MR) is 51.0 cm³/mol. The molecule has 0 heterocycles. The van der Waals surface area contributed by atoms with Gasteiger partial charge in [0.2, 0.25) is 0 Å². The summed E-state index contributed by atoms with van der Waals surface area (Å²) in [6.45, 7) is 6.53. The molecule has 0 bridgehead atoms. The van der Waals surface area contributed by atoms with Crippen molar-refractivity contribution < 1.29 is 4.79 Å². The normalized spacial score (nSPS) is 36.9. The van der Waals surface area contributed by atoms with Crippen molar-refractivity contribution in [3.05, 3.63) is 0 Å². The summed E-state index contributed by atoms with van der Waals surface area (Å²) in [6, 6.07) is 0. The van der Waals surface area contributed by atoms with Crippen LogP contribution in [0.1, 0.15) is 46.5 Å². The van der Waals surface area contributed by atoms with Gasteiger partial charge in [0.15, 0.2) is 0 Å². The summed E-state index contributed by atoms with van der Waals surface area (Å²) < 4.78 is 0. The first-order valence-electron chi connectivity index (χ1n) is 5.21. The molecule has 0 spiro atoms. The van der Waals surface area contributed by atoms with Crippen LogP contribution in [-0.2, 0) is 4.79 Å². The summed E-state index contributed by atoms with van der Waals surface area (Å²) in [5.41, 5.74) is 0. The molecule has 0 saturated heterocycles. The lowest BCUT2D eigenvalue weighted by molar-refractivity contribution is -0.127. The molecule has 0 aromatic heterocycles. The molecule has 1 saturated carbocycles. The first-order valence-corrected chi connectivity index (χ1v) is 5.21. The SMILES string of the molecule is CC[C@@H]1CC(=O)C(C)C[C@@H]1CC. The van der Waals surface area contributed by atoms with Crippen molar-refractivity contribution in [2.75, 3.05) is 0 Å². The van der Waals surface area contributed by atoms with Gasteiger partial charge in [0.1, 0.15) is 5.78 Å². The number of ketones is 1. The van der Waals surface area contributed by atoms with Gasteiger partial charge in [-0.05, 0) is 18.3 Å². The number of Topliss-reactive ketones (excluding diaryl/α,β-unsaturated/α-hetero) is 1. The van der Waals surface area contributed by atoms with E-state index in [0.717, 1.165) is 18.8 Å². The van der Waals surface area contributed by atoms with E-state index in [1.807, 2.05) is 0 Å². The predicted octanol–water partition coefficient (Wildman–Crippen LogP) is 3.04. The second-order valence-corrected chi connectivity index (χ2v) is 4.14. The molecule has 1 heteroatoms. The van der Waals surface area contributed by atoms with Crippen molar-refractivity contribution in [2.45, 2.75) is 46.5 Å². The molecular weight excluding hydrogens is 148 g/mol. The molecule has 12 heavy (non-hydrogen) atoms. The third kappa shape index (κ3) is 1.88. The van der Waals surface area contributed by atoms with Crippen LogP contribution in [0.4, 0.5) is 0 Å². The highest BCUT2D eigenvalue weighted by Crippen LogP contribution is 2.35. The first kappa shape index (κ1) is 9.76. The van der Waals surface area contributed by atoms with Gasteiger partial charge >= 0.3 is 0 Å². The van der Waals surface area contributed by atoms with Crippen molar-refractivity contribution in [1.29, 1.82) is 0 Å². The average Bonchev–Trinajstić information content (AvgIpc) is 2.09. The number of hydrogen-bond acceptors (Lipinski definition) is 1. The van der Waals surface area contributed by atoms with Gasteiger partial charge in [-0.2, -0.15) is 0 Å². The summed E-state index contributed by atoms with van der Waals surface area (Å²) in [6.07, 6.45) is 4.40. The molecule has 0 aliphatic heterocycles. The third-order valence-electron chi connectivity index (χ3n) is 3.38. The Morgan fingerprint density at radius 3 is 2.33 bits per heavy atom. The minimum absolute atomic E-state index is 0.331. The van der Waals surface area contributed by atoms with Gasteiger partial charge in [0.05, 0.1) is 0 Å². The van der Waals surface area contributed by atoms with Crippen LogP contribution in [0.15, 0.2) is 0 Å². The zero-order chi connectivity index (χ0) is 9.14. The molecule has 0 radical (unpaired) electrons. The summed E-state index contributed by atoms with van der Waals surface area (Å²) in [5, 5.41) is 0. The largest absolute Gasteiger partial charge is 0.299 e. The highest BCUT2D eigenvalue weighted by Gasteiger charge is 2.31. The molecular formula is C11H20O. The van der Waals surface area contributed by atoms with Crippen molar-refractivity contribution in [3.8, 4) is 0 Å². The molecule has 0 aromatic rings. The van der Waals surface area contributed by atoms with Crippen LogP contribution in [-0.4, -0.2) is 5.78 Å². The van der Waals surface area contributed by atoms with E-state index in [0.29, 0.717) is 17.6 Å². The van der Waals surface area contributed by atoms with E-state index in [1.165, 1.54) is 12.8 Å². The maximum absolute atomic E-state index is 11.4. The quantitative estimate of drug-likeness (QED) is 0.619. The molecule has 0 aromatic carbocycles. The highest BCUT2D eigenvalue weighted by atomic mass is 16.1. The summed E-state index contributed by atoms with van der Waals surface area (Å²) in [4.78, 5) is 11.4. The summed E-state index contributed by atoms with van der Waals surface area (Å²) >= 11 is 0. The maximum Gasteiger partial charge on any atom is 0.135 e. The lowest BCUT2D eigenvalue weighted by atomic mass is 9.72. The Balaban J connectivity index is 2.58. The Hall–Kier alpha value is -0.330. The second-order valence-electron chi connectivity index (χ2n) is 4.14. The molecule has 0 N–H and O–H groups in total. The zero-order valence-electron chi connectivity index (χ0n) is 8.47. The molecule has 1 fully saturated rings. The fraction of sp³-hybridized carbons (Fsp3) is 0.909. The zero-order valence-corrected chi connectivity index (χ0v) is 8.47. The first-order chi connectivity index (χ1) is 5.69. The molecule has 1 aliphatic carbocycles. The lowest BCUT2D eigenvalue weighted by Gasteiger charge is -2.32. The Kier molecular flexibility index (Phi) is 3.30. The van der Waals surface area contributed by atoms with Gasteiger partial charge in [-0.3, -0.25) is 4.79 Å². The standard InChI is InChI=1S/C11H20O/c1-4-9-6-8(3)11(12)7-10(9)5-2/h8-10H,4-7H2,1-3H3/t8?,9-,10+/m0/s1. The van der Waals surface area contributed by atoms with Gasteiger partial charge in [-0.25, -0.2) is 0 Å². The van der Waals surface area contributed by atoms with E-state index < -0.39 is 0 Å².